The molecule has 2 heterocycles. The van der Waals surface area contributed by atoms with E-state index < -0.39 is 0 Å². The highest BCUT2D eigenvalue weighted by atomic mass is 79.9. The maximum Gasteiger partial charge on any atom is 0.273 e. The van der Waals surface area contributed by atoms with Crippen molar-refractivity contribution in [3.8, 4) is 11.3 Å². The Kier molecular flexibility index (Phi) is 5.78. The fourth-order valence-corrected chi connectivity index (χ4v) is 3.02. The molecule has 0 unspecified atom stereocenters. The van der Waals surface area contributed by atoms with Crippen molar-refractivity contribution in [1.82, 2.24) is 20.3 Å². The van der Waals surface area contributed by atoms with Crippen LogP contribution >= 0.6 is 39.1 Å². The number of rotatable bonds is 6. The van der Waals surface area contributed by atoms with Crippen molar-refractivity contribution < 1.29 is 9.32 Å². The predicted octanol–water partition coefficient (Wildman–Crippen LogP) is 4.43. The second kappa shape index (κ2) is 8.03. The standard InChI is InChI=1S/C16H13BrCl2N4O2/c17-10-8-21-23(9-10)5-1-4-20-16(24)14-7-15(25-22-14)12-3-2-11(18)6-13(12)19/h2-3,6-9H,1,4-5H2,(H,20,24). The molecule has 0 saturated heterocycles. The highest BCUT2D eigenvalue weighted by Gasteiger charge is 2.15. The van der Waals surface area contributed by atoms with E-state index in [4.69, 9.17) is 27.7 Å². The van der Waals surface area contributed by atoms with Gasteiger partial charge < -0.3 is 9.84 Å². The van der Waals surface area contributed by atoms with Crippen molar-refractivity contribution in [3.63, 3.8) is 0 Å². The van der Waals surface area contributed by atoms with Gasteiger partial charge in [0.25, 0.3) is 5.91 Å². The molecule has 0 bridgehead atoms. The summed E-state index contributed by atoms with van der Waals surface area (Å²) in [5.41, 5.74) is 0.824. The number of nitrogens with zero attached hydrogens (tertiary/aromatic N) is 3. The smallest absolute Gasteiger partial charge is 0.273 e. The summed E-state index contributed by atoms with van der Waals surface area (Å²) in [7, 11) is 0. The van der Waals surface area contributed by atoms with Gasteiger partial charge in [-0.15, -0.1) is 0 Å². The molecule has 0 aliphatic heterocycles. The van der Waals surface area contributed by atoms with Gasteiger partial charge in [-0.1, -0.05) is 28.4 Å². The molecule has 0 spiro atoms. The average molecular weight is 444 g/mol. The van der Waals surface area contributed by atoms with Crippen LogP contribution in [0.25, 0.3) is 11.3 Å². The summed E-state index contributed by atoms with van der Waals surface area (Å²) in [6.45, 7) is 1.20. The molecule has 25 heavy (non-hydrogen) atoms. The minimum absolute atomic E-state index is 0.197. The van der Waals surface area contributed by atoms with Crippen LogP contribution in [0, 0.1) is 0 Å². The number of amides is 1. The van der Waals surface area contributed by atoms with Crippen LogP contribution in [0.15, 0.2) is 45.7 Å². The first kappa shape index (κ1) is 18.0. The second-order valence-electron chi connectivity index (χ2n) is 5.23. The number of aromatic nitrogens is 3. The van der Waals surface area contributed by atoms with Crippen LogP contribution in [0.2, 0.25) is 10.0 Å². The summed E-state index contributed by atoms with van der Waals surface area (Å²) in [5.74, 6) is 0.106. The van der Waals surface area contributed by atoms with E-state index in [1.165, 1.54) is 0 Å². The van der Waals surface area contributed by atoms with Crippen LogP contribution in [0.1, 0.15) is 16.9 Å². The van der Waals surface area contributed by atoms with Crippen LogP contribution in [-0.4, -0.2) is 27.4 Å². The van der Waals surface area contributed by atoms with Gasteiger partial charge in [-0.05, 0) is 40.5 Å². The minimum atomic E-state index is -0.304. The predicted molar refractivity (Wildman–Crippen MR) is 98.8 cm³/mol. The first-order valence-electron chi connectivity index (χ1n) is 7.41. The maximum atomic E-state index is 12.1. The molecule has 6 nitrogen and oxygen atoms in total. The molecule has 9 heteroatoms. The largest absolute Gasteiger partial charge is 0.355 e. The van der Waals surface area contributed by atoms with E-state index in [2.05, 4.69) is 31.5 Å². The lowest BCUT2D eigenvalue weighted by Crippen LogP contribution is -2.25. The molecule has 0 atom stereocenters. The third-order valence-corrected chi connectivity index (χ3v) is 4.35. The molecule has 0 saturated carbocycles. The van der Waals surface area contributed by atoms with Gasteiger partial charge in [-0.2, -0.15) is 5.10 Å². The van der Waals surface area contributed by atoms with Crippen molar-refractivity contribution in [2.75, 3.05) is 6.54 Å². The highest BCUT2D eigenvalue weighted by molar-refractivity contribution is 9.10. The van der Waals surface area contributed by atoms with Crippen LogP contribution < -0.4 is 5.32 Å². The van der Waals surface area contributed by atoms with Gasteiger partial charge in [0.05, 0.1) is 15.7 Å². The number of nitrogens with one attached hydrogen (secondary N) is 1. The molecule has 1 aromatic carbocycles. The zero-order chi connectivity index (χ0) is 17.8. The fourth-order valence-electron chi connectivity index (χ4n) is 2.19. The van der Waals surface area contributed by atoms with Crippen LogP contribution in [0.5, 0.6) is 0 Å². The molecule has 0 radical (unpaired) electrons. The first-order valence-corrected chi connectivity index (χ1v) is 8.96. The molecule has 3 aromatic rings. The Morgan fingerprint density at radius 1 is 1.32 bits per heavy atom. The Morgan fingerprint density at radius 3 is 2.88 bits per heavy atom. The van der Waals surface area contributed by atoms with E-state index >= 15 is 0 Å². The Bertz CT molecular complexity index is 894. The number of carbonyl (C=O) groups excluding carboxylic acids is 1. The summed E-state index contributed by atoms with van der Waals surface area (Å²) < 4.78 is 7.94. The normalized spacial score (nSPS) is 10.8. The minimum Gasteiger partial charge on any atom is -0.355 e. The zero-order valence-corrected chi connectivity index (χ0v) is 16.0. The molecular weight excluding hydrogens is 431 g/mol. The van der Waals surface area contributed by atoms with E-state index in [9.17, 15) is 4.79 Å². The molecule has 1 N–H and O–H groups in total. The van der Waals surface area contributed by atoms with Crippen molar-refractivity contribution >= 4 is 45.0 Å². The quantitative estimate of drug-likeness (QED) is 0.572. The van der Waals surface area contributed by atoms with Gasteiger partial charge in [-0.25, -0.2) is 0 Å². The molecular formula is C16H13BrCl2N4O2. The van der Waals surface area contributed by atoms with E-state index in [1.807, 2.05) is 6.20 Å². The first-order chi connectivity index (χ1) is 12.0. The Labute approximate surface area is 162 Å². The molecule has 2 aromatic heterocycles. The Morgan fingerprint density at radius 2 is 2.16 bits per heavy atom. The summed E-state index contributed by atoms with van der Waals surface area (Å²) in [6.07, 6.45) is 4.34. The summed E-state index contributed by atoms with van der Waals surface area (Å²) in [6, 6.07) is 6.57. The van der Waals surface area contributed by atoms with Gasteiger partial charge in [0.2, 0.25) is 0 Å². The maximum absolute atomic E-state index is 12.1. The topological polar surface area (TPSA) is 73.0 Å². The highest BCUT2D eigenvalue weighted by Crippen LogP contribution is 2.30. The molecule has 0 aliphatic rings. The number of halogens is 3. The number of aryl methyl sites for hydroxylation is 1. The average Bonchev–Trinajstić information content (AvgIpc) is 3.21. The van der Waals surface area contributed by atoms with Gasteiger partial charge in [0, 0.05) is 35.9 Å². The number of hydrogen-bond acceptors (Lipinski definition) is 4. The molecule has 1 amide bonds. The van der Waals surface area contributed by atoms with Crippen molar-refractivity contribution in [2.45, 2.75) is 13.0 Å². The lowest BCUT2D eigenvalue weighted by molar-refractivity contribution is 0.0943. The lowest BCUT2D eigenvalue weighted by Gasteiger charge is -2.03. The monoisotopic (exact) mass is 442 g/mol. The SMILES string of the molecule is O=C(NCCCn1cc(Br)cn1)c1cc(-c2ccc(Cl)cc2Cl)on1. The van der Waals surface area contributed by atoms with Crippen molar-refractivity contribution in [1.29, 1.82) is 0 Å². The van der Waals surface area contributed by atoms with Crippen molar-refractivity contribution in [3.05, 3.63) is 56.9 Å². The number of benzene rings is 1. The fraction of sp³-hybridized carbons (Fsp3) is 0.188. The van der Waals surface area contributed by atoms with E-state index in [0.29, 0.717) is 34.5 Å². The van der Waals surface area contributed by atoms with Crippen LogP contribution in [-0.2, 0) is 6.54 Å². The Hall–Kier alpha value is -1.83. The molecule has 3 rings (SSSR count). The van der Waals surface area contributed by atoms with E-state index in [1.54, 1.807) is 35.1 Å². The number of carbonyl (C=O) groups is 1. The summed E-state index contributed by atoms with van der Waals surface area (Å²) in [5, 5.41) is 11.7. The van der Waals surface area contributed by atoms with Gasteiger partial charge in [-0.3, -0.25) is 9.48 Å². The molecule has 130 valence electrons. The van der Waals surface area contributed by atoms with Gasteiger partial charge in [0.15, 0.2) is 11.5 Å². The van der Waals surface area contributed by atoms with Gasteiger partial charge >= 0.3 is 0 Å². The van der Waals surface area contributed by atoms with Crippen molar-refractivity contribution in [2.24, 2.45) is 0 Å². The van der Waals surface area contributed by atoms with Crippen LogP contribution in [0.4, 0.5) is 0 Å². The molecule has 0 fully saturated rings. The second-order valence-corrected chi connectivity index (χ2v) is 6.99. The summed E-state index contributed by atoms with van der Waals surface area (Å²) in [4.78, 5) is 12.1. The third kappa shape index (κ3) is 4.62. The molecule has 0 aliphatic carbocycles. The zero-order valence-electron chi connectivity index (χ0n) is 12.9. The van der Waals surface area contributed by atoms with Gasteiger partial charge in [0.1, 0.15) is 0 Å². The third-order valence-electron chi connectivity index (χ3n) is 3.39. The number of hydrogen-bond donors (Lipinski definition) is 1. The van der Waals surface area contributed by atoms with E-state index in [0.717, 1.165) is 10.9 Å². The Balaban J connectivity index is 1.55. The van der Waals surface area contributed by atoms with Crippen LogP contribution in [0.3, 0.4) is 0 Å². The van der Waals surface area contributed by atoms with E-state index in [-0.39, 0.29) is 11.6 Å². The summed E-state index contributed by atoms with van der Waals surface area (Å²) >= 11 is 15.3. The lowest BCUT2D eigenvalue weighted by atomic mass is 10.1.